The molecule has 0 spiro atoms. The molecule has 2 N–H and O–H groups in total. The Balaban J connectivity index is 1.63. The van der Waals surface area contributed by atoms with Crippen LogP contribution < -0.4 is 10.6 Å². The minimum absolute atomic E-state index is 0.0965. The van der Waals surface area contributed by atoms with E-state index < -0.39 is 0 Å². The molecule has 1 amide bonds. The minimum Gasteiger partial charge on any atom is -0.326 e. The third-order valence-corrected chi connectivity index (χ3v) is 4.19. The number of benzene rings is 1. The van der Waals surface area contributed by atoms with E-state index in [0.29, 0.717) is 11.9 Å². The van der Waals surface area contributed by atoms with E-state index in [1.54, 1.807) is 23.0 Å². The highest BCUT2D eigenvalue weighted by Crippen LogP contribution is 2.27. The van der Waals surface area contributed by atoms with Crippen molar-refractivity contribution in [1.82, 2.24) is 24.6 Å². The summed E-state index contributed by atoms with van der Waals surface area (Å²) in [6.07, 6.45) is 3.30. The monoisotopic (exact) mass is 351 g/mol. The molecule has 0 aliphatic heterocycles. The molecule has 25 heavy (non-hydrogen) atoms. The summed E-state index contributed by atoms with van der Waals surface area (Å²) in [5.74, 6) is 0.789. The second-order valence-electron chi connectivity index (χ2n) is 5.21. The van der Waals surface area contributed by atoms with E-state index in [4.69, 9.17) is 0 Å². The molecular formula is C16H13N7OS. The van der Waals surface area contributed by atoms with Crippen molar-refractivity contribution >= 4 is 39.8 Å². The lowest BCUT2D eigenvalue weighted by Crippen LogP contribution is -2.05. The number of hydrogen-bond acceptors (Lipinski definition) is 7. The Morgan fingerprint density at radius 3 is 2.60 bits per heavy atom. The summed E-state index contributed by atoms with van der Waals surface area (Å²) >= 11 is 1.49. The molecule has 124 valence electrons. The number of anilines is 3. The summed E-state index contributed by atoms with van der Waals surface area (Å²) in [5, 5.41) is 12.2. The summed E-state index contributed by atoms with van der Waals surface area (Å²) in [4.78, 5) is 24.5. The lowest BCUT2D eigenvalue weighted by Gasteiger charge is -2.03. The van der Waals surface area contributed by atoms with Crippen LogP contribution in [0.1, 0.15) is 6.92 Å². The molecule has 0 bridgehead atoms. The van der Waals surface area contributed by atoms with Crippen LogP contribution in [0.25, 0.3) is 16.2 Å². The quantitative estimate of drug-likeness (QED) is 0.587. The van der Waals surface area contributed by atoms with Gasteiger partial charge in [0.15, 0.2) is 0 Å². The van der Waals surface area contributed by atoms with Crippen LogP contribution >= 0.6 is 11.3 Å². The van der Waals surface area contributed by atoms with Crippen molar-refractivity contribution < 1.29 is 4.79 Å². The number of nitrogens with zero attached hydrogens (tertiary/aromatic N) is 5. The van der Waals surface area contributed by atoms with Gasteiger partial charge >= 0.3 is 0 Å². The summed E-state index contributed by atoms with van der Waals surface area (Å²) in [6, 6.07) is 9.32. The average Bonchev–Trinajstić information content (AvgIpc) is 3.16. The minimum atomic E-state index is -0.0965. The van der Waals surface area contributed by atoms with Crippen molar-refractivity contribution in [2.45, 2.75) is 6.92 Å². The maximum atomic E-state index is 11.1. The first-order valence-corrected chi connectivity index (χ1v) is 8.33. The summed E-state index contributed by atoms with van der Waals surface area (Å²) in [6.45, 7) is 1.48. The van der Waals surface area contributed by atoms with E-state index in [0.717, 1.165) is 21.9 Å². The SMILES string of the molecule is CC(=O)Nc1ccc(-c2csc3nc(Nc4ncccn4)nn23)cc1. The molecule has 0 aliphatic carbocycles. The zero-order chi connectivity index (χ0) is 17.2. The Kier molecular flexibility index (Phi) is 3.82. The van der Waals surface area contributed by atoms with Crippen LogP contribution in [0.4, 0.5) is 17.6 Å². The Morgan fingerprint density at radius 2 is 1.88 bits per heavy atom. The smallest absolute Gasteiger partial charge is 0.250 e. The molecule has 0 saturated heterocycles. The molecule has 4 rings (SSSR count). The molecule has 1 aromatic carbocycles. The zero-order valence-corrected chi connectivity index (χ0v) is 14.0. The first-order chi connectivity index (χ1) is 12.2. The molecule has 3 aromatic heterocycles. The predicted octanol–water partition coefficient (Wildman–Crippen LogP) is 2.95. The molecule has 0 aliphatic rings. The van der Waals surface area contributed by atoms with Crippen LogP contribution in [0.5, 0.6) is 0 Å². The van der Waals surface area contributed by atoms with Gasteiger partial charge in [-0.25, -0.2) is 14.5 Å². The van der Waals surface area contributed by atoms with E-state index in [-0.39, 0.29) is 5.91 Å². The maximum Gasteiger partial charge on any atom is 0.250 e. The van der Waals surface area contributed by atoms with E-state index in [9.17, 15) is 4.79 Å². The van der Waals surface area contributed by atoms with Gasteiger partial charge in [0.1, 0.15) is 0 Å². The molecule has 3 heterocycles. The summed E-state index contributed by atoms with van der Waals surface area (Å²) < 4.78 is 1.77. The van der Waals surface area contributed by atoms with Gasteiger partial charge in [-0.2, -0.15) is 4.98 Å². The van der Waals surface area contributed by atoms with Gasteiger partial charge in [0.25, 0.3) is 5.95 Å². The number of rotatable bonds is 4. The van der Waals surface area contributed by atoms with Crippen molar-refractivity contribution in [2.24, 2.45) is 0 Å². The van der Waals surface area contributed by atoms with E-state index in [1.165, 1.54) is 18.3 Å². The van der Waals surface area contributed by atoms with Gasteiger partial charge in [-0.1, -0.05) is 12.1 Å². The third-order valence-electron chi connectivity index (χ3n) is 3.37. The highest BCUT2D eigenvalue weighted by molar-refractivity contribution is 7.15. The average molecular weight is 351 g/mol. The molecular weight excluding hydrogens is 338 g/mol. The number of hydrogen-bond donors (Lipinski definition) is 2. The van der Waals surface area contributed by atoms with Crippen LogP contribution in [0, 0.1) is 0 Å². The molecule has 8 nitrogen and oxygen atoms in total. The maximum absolute atomic E-state index is 11.1. The molecule has 0 fully saturated rings. The lowest BCUT2D eigenvalue weighted by molar-refractivity contribution is -0.114. The third kappa shape index (κ3) is 3.17. The fourth-order valence-corrected chi connectivity index (χ4v) is 3.16. The van der Waals surface area contributed by atoms with Gasteiger partial charge in [0.2, 0.25) is 16.8 Å². The van der Waals surface area contributed by atoms with E-state index >= 15 is 0 Å². The van der Waals surface area contributed by atoms with Crippen molar-refractivity contribution in [2.75, 3.05) is 10.6 Å². The molecule has 0 radical (unpaired) electrons. The van der Waals surface area contributed by atoms with Crippen molar-refractivity contribution in [3.8, 4) is 11.3 Å². The van der Waals surface area contributed by atoms with Gasteiger partial charge in [-0.15, -0.1) is 16.4 Å². The predicted molar refractivity (Wildman–Crippen MR) is 95.9 cm³/mol. The van der Waals surface area contributed by atoms with Gasteiger partial charge in [0, 0.05) is 35.9 Å². The largest absolute Gasteiger partial charge is 0.326 e. The highest BCUT2D eigenvalue weighted by atomic mass is 32.1. The standard InChI is InChI=1S/C16H13N7OS/c1-10(24)19-12-5-3-11(4-6-12)13-9-25-16-21-15(22-23(13)16)20-14-17-7-2-8-18-14/h2-9H,1H3,(H,19,24)(H,17,18,20,22). The number of aromatic nitrogens is 5. The number of amides is 1. The summed E-state index contributed by atoms with van der Waals surface area (Å²) in [5.41, 5.74) is 2.65. The number of fused-ring (bicyclic) bond motifs is 1. The highest BCUT2D eigenvalue weighted by Gasteiger charge is 2.12. The van der Waals surface area contributed by atoms with Gasteiger partial charge in [0.05, 0.1) is 5.69 Å². The fourth-order valence-electron chi connectivity index (χ4n) is 2.32. The Bertz CT molecular complexity index is 1020. The number of carbonyl (C=O) groups is 1. The number of carbonyl (C=O) groups excluding carboxylic acids is 1. The van der Waals surface area contributed by atoms with Crippen LogP contribution in [-0.2, 0) is 4.79 Å². The van der Waals surface area contributed by atoms with Gasteiger partial charge in [-0.3, -0.25) is 10.1 Å². The first-order valence-electron chi connectivity index (χ1n) is 7.45. The van der Waals surface area contributed by atoms with Gasteiger partial charge in [-0.05, 0) is 18.2 Å². The molecule has 0 unspecified atom stereocenters. The van der Waals surface area contributed by atoms with Crippen molar-refractivity contribution in [3.05, 3.63) is 48.1 Å². The van der Waals surface area contributed by atoms with E-state index in [2.05, 4.69) is 30.7 Å². The lowest BCUT2D eigenvalue weighted by atomic mass is 10.1. The van der Waals surface area contributed by atoms with Crippen LogP contribution in [0.2, 0.25) is 0 Å². The second-order valence-corrected chi connectivity index (χ2v) is 6.04. The Hall–Kier alpha value is -3.33. The van der Waals surface area contributed by atoms with Crippen LogP contribution in [-0.4, -0.2) is 30.5 Å². The number of thiazole rings is 1. The van der Waals surface area contributed by atoms with Crippen LogP contribution in [0.15, 0.2) is 48.1 Å². The number of nitrogens with one attached hydrogen (secondary N) is 2. The molecule has 0 saturated carbocycles. The van der Waals surface area contributed by atoms with Crippen molar-refractivity contribution in [1.29, 1.82) is 0 Å². The first kappa shape index (κ1) is 15.2. The Labute approximate surface area is 146 Å². The summed E-state index contributed by atoms with van der Waals surface area (Å²) in [7, 11) is 0. The Morgan fingerprint density at radius 1 is 1.12 bits per heavy atom. The fraction of sp³-hybridized carbons (Fsp3) is 0.0625. The zero-order valence-electron chi connectivity index (χ0n) is 13.2. The normalized spacial score (nSPS) is 10.8. The topological polar surface area (TPSA) is 97.1 Å². The second kappa shape index (κ2) is 6.29. The molecule has 9 heteroatoms. The molecule has 4 aromatic rings. The molecule has 0 atom stereocenters. The van der Waals surface area contributed by atoms with E-state index in [1.807, 2.05) is 29.6 Å². The van der Waals surface area contributed by atoms with Crippen molar-refractivity contribution in [3.63, 3.8) is 0 Å². The van der Waals surface area contributed by atoms with Gasteiger partial charge < -0.3 is 5.32 Å². The van der Waals surface area contributed by atoms with Crippen LogP contribution in [0.3, 0.4) is 0 Å².